The van der Waals surface area contributed by atoms with Crippen LogP contribution in [0.3, 0.4) is 0 Å². The Bertz CT molecular complexity index is 161. The molecule has 2 unspecified atom stereocenters. The molecule has 1 rings (SSSR count). The molecular weight excluding hydrogens is 250 g/mol. The highest BCUT2D eigenvalue weighted by Gasteiger charge is 2.21. The van der Waals surface area contributed by atoms with Crippen LogP contribution in [-0.2, 0) is 0 Å². The second-order valence-corrected chi connectivity index (χ2v) is 5.91. The molecular formula is C13H26BrN. The van der Waals surface area contributed by atoms with E-state index in [0.29, 0.717) is 0 Å². The van der Waals surface area contributed by atoms with E-state index in [1.54, 1.807) is 0 Å². The second kappa shape index (κ2) is 7.67. The lowest BCUT2D eigenvalue weighted by Crippen LogP contribution is -2.23. The van der Waals surface area contributed by atoms with E-state index < -0.39 is 0 Å². The van der Waals surface area contributed by atoms with Crippen molar-refractivity contribution in [3.05, 3.63) is 0 Å². The van der Waals surface area contributed by atoms with Gasteiger partial charge < -0.3 is 4.90 Å². The van der Waals surface area contributed by atoms with Gasteiger partial charge in [-0.1, -0.05) is 36.2 Å². The van der Waals surface area contributed by atoms with Crippen molar-refractivity contribution in [3.8, 4) is 0 Å². The Kier molecular flexibility index (Phi) is 6.91. The summed E-state index contributed by atoms with van der Waals surface area (Å²) in [5, 5.41) is 1.16. The number of rotatable bonds is 7. The predicted octanol–water partition coefficient (Wildman–Crippen LogP) is 3.92. The highest BCUT2D eigenvalue weighted by molar-refractivity contribution is 9.09. The molecule has 1 heterocycles. The molecule has 1 aliphatic heterocycles. The molecule has 0 saturated carbocycles. The zero-order valence-corrected chi connectivity index (χ0v) is 11.9. The maximum atomic E-state index is 3.52. The summed E-state index contributed by atoms with van der Waals surface area (Å²) in [5.74, 6) is 1.89. The summed E-state index contributed by atoms with van der Waals surface area (Å²) >= 11 is 3.52. The first-order chi connectivity index (χ1) is 7.26. The van der Waals surface area contributed by atoms with Crippen LogP contribution < -0.4 is 0 Å². The highest BCUT2D eigenvalue weighted by atomic mass is 79.9. The van der Waals surface area contributed by atoms with Crippen molar-refractivity contribution in [2.24, 2.45) is 11.8 Å². The van der Waals surface area contributed by atoms with Gasteiger partial charge in [-0.2, -0.15) is 0 Å². The van der Waals surface area contributed by atoms with Crippen molar-refractivity contribution in [2.75, 3.05) is 25.0 Å². The molecule has 0 aromatic heterocycles. The number of hydrogen-bond donors (Lipinski definition) is 0. The Morgan fingerprint density at radius 3 is 2.87 bits per heavy atom. The fourth-order valence-electron chi connectivity index (χ4n) is 2.49. The smallest absolute Gasteiger partial charge is 0.00338 e. The minimum absolute atomic E-state index is 0.884. The van der Waals surface area contributed by atoms with Crippen LogP contribution >= 0.6 is 15.9 Å². The number of halogens is 1. The Labute approximate surface area is 104 Å². The van der Waals surface area contributed by atoms with Crippen molar-refractivity contribution < 1.29 is 0 Å². The SMILES string of the molecule is CCCC1CCN(CCC(C)CCBr)C1. The van der Waals surface area contributed by atoms with Gasteiger partial charge in [0.2, 0.25) is 0 Å². The van der Waals surface area contributed by atoms with Crippen molar-refractivity contribution in [2.45, 2.75) is 46.0 Å². The van der Waals surface area contributed by atoms with Crippen LogP contribution in [0.2, 0.25) is 0 Å². The highest BCUT2D eigenvalue weighted by Crippen LogP contribution is 2.21. The van der Waals surface area contributed by atoms with Gasteiger partial charge in [0.15, 0.2) is 0 Å². The van der Waals surface area contributed by atoms with Crippen LogP contribution in [0.15, 0.2) is 0 Å². The monoisotopic (exact) mass is 275 g/mol. The Hall–Kier alpha value is 0.440. The standard InChI is InChI=1S/C13H26BrN/c1-3-4-13-7-10-15(11-13)9-6-12(2)5-8-14/h12-13H,3-11H2,1-2H3. The molecule has 0 aromatic rings. The molecule has 0 aliphatic carbocycles. The van der Waals surface area contributed by atoms with E-state index in [2.05, 4.69) is 34.7 Å². The molecule has 90 valence electrons. The third-order valence-corrected chi connectivity index (χ3v) is 4.06. The number of likely N-dealkylation sites (tertiary alicyclic amines) is 1. The molecule has 2 heteroatoms. The Morgan fingerprint density at radius 1 is 1.40 bits per heavy atom. The third kappa shape index (κ3) is 5.35. The molecule has 1 saturated heterocycles. The largest absolute Gasteiger partial charge is 0.303 e. The summed E-state index contributed by atoms with van der Waals surface area (Å²) in [6, 6.07) is 0. The van der Waals surface area contributed by atoms with Gasteiger partial charge in [-0.25, -0.2) is 0 Å². The minimum atomic E-state index is 0.884. The fourth-order valence-corrected chi connectivity index (χ4v) is 3.27. The zero-order valence-electron chi connectivity index (χ0n) is 10.3. The van der Waals surface area contributed by atoms with Crippen LogP contribution in [0.4, 0.5) is 0 Å². The molecule has 0 N–H and O–H groups in total. The van der Waals surface area contributed by atoms with Gasteiger partial charge in [0, 0.05) is 11.9 Å². The van der Waals surface area contributed by atoms with Gasteiger partial charge >= 0.3 is 0 Å². The van der Waals surface area contributed by atoms with E-state index in [1.807, 2.05) is 0 Å². The molecule has 1 aliphatic rings. The van der Waals surface area contributed by atoms with E-state index in [9.17, 15) is 0 Å². The first-order valence-electron chi connectivity index (χ1n) is 6.54. The number of alkyl halides is 1. The van der Waals surface area contributed by atoms with Gasteiger partial charge in [-0.05, 0) is 50.6 Å². The zero-order chi connectivity index (χ0) is 11.1. The topological polar surface area (TPSA) is 3.24 Å². The molecule has 0 spiro atoms. The van der Waals surface area contributed by atoms with E-state index in [0.717, 1.165) is 17.2 Å². The predicted molar refractivity (Wildman–Crippen MR) is 71.6 cm³/mol. The summed E-state index contributed by atoms with van der Waals surface area (Å²) in [7, 11) is 0. The third-order valence-electron chi connectivity index (χ3n) is 3.61. The summed E-state index contributed by atoms with van der Waals surface area (Å²) in [6.45, 7) is 8.73. The number of hydrogen-bond acceptors (Lipinski definition) is 1. The van der Waals surface area contributed by atoms with Crippen LogP contribution in [-0.4, -0.2) is 29.9 Å². The fraction of sp³-hybridized carbons (Fsp3) is 1.00. The average Bonchev–Trinajstić information content (AvgIpc) is 2.64. The van der Waals surface area contributed by atoms with E-state index in [-0.39, 0.29) is 0 Å². The van der Waals surface area contributed by atoms with Gasteiger partial charge in [0.25, 0.3) is 0 Å². The van der Waals surface area contributed by atoms with Crippen LogP contribution in [0, 0.1) is 11.8 Å². The summed E-state index contributed by atoms with van der Waals surface area (Å²) in [5.41, 5.74) is 0. The molecule has 2 atom stereocenters. The Morgan fingerprint density at radius 2 is 2.20 bits per heavy atom. The molecule has 15 heavy (non-hydrogen) atoms. The van der Waals surface area contributed by atoms with Crippen LogP contribution in [0.25, 0.3) is 0 Å². The quantitative estimate of drug-likeness (QED) is 0.637. The van der Waals surface area contributed by atoms with Crippen molar-refractivity contribution in [3.63, 3.8) is 0 Å². The van der Waals surface area contributed by atoms with Crippen molar-refractivity contribution in [1.82, 2.24) is 4.90 Å². The second-order valence-electron chi connectivity index (χ2n) is 5.12. The van der Waals surface area contributed by atoms with Crippen molar-refractivity contribution in [1.29, 1.82) is 0 Å². The first-order valence-corrected chi connectivity index (χ1v) is 7.66. The lowest BCUT2D eigenvalue weighted by atomic mass is 10.0. The van der Waals surface area contributed by atoms with E-state index >= 15 is 0 Å². The number of nitrogens with zero attached hydrogens (tertiary/aromatic N) is 1. The lowest BCUT2D eigenvalue weighted by molar-refractivity contribution is 0.293. The minimum Gasteiger partial charge on any atom is -0.303 e. The molecule has 0 radical (unpaired) electrons. The van der Waals surface area contributed by atoms with Crippen LogP contribution in [0.1, 0.15) is 46.0 Å². The van der Waals surface area contributed by atoms with Crippen LogP contribution in [0.5, 0.6) is 0 Å². The lowest BCUT2D eigenvalue weighted by Gasteiger charge is -2.18. The van der Waals surface area contributed by atoms with E-state index in [4.69, 9.17) is 0 Å². The van der Waals surface area contributed by atoms with Gasteiger partial charge in [-0.3, -0.25) is 0 Å². The molecule has 0 aromatic carbocycles. The maximum Gasteiger partial charge on any atom is 0.00338 e. The summed E-state index contributed by atoms with van der Waals surface area (Å²) < 4.78 is 0. The molecule has 0 bridgehead atoms. The Balaban J connectivity index is 2.08. The van der Waals surface area contributed by atoms with Gasteiger partial charge in [0.05, 0.1) is 0 Å². The molecule has 0 amide bonds. The van der Waals surface area contributed by atoms with Crippen molar-refractivity contribution >= 4 is 15.9 Å². The maximum absolute atomic E-state index is 3.52. The normalized spacial score (nSPS) is 24.6. The van der Waals surface area contributed by atoms with Gasteiger partial charge in [-0.15, -0.1) is 0 Å². The molecule has 1 fully saturated rings. The first kappa shape index (κ1) is 13.5. The van der Waals surface area contributed by atoms with E-state index in [1.165, 1.54) is 51.7 Å². The van der Waals surface area contributed by atoms with Gasteiger partial charge in [0.1, 0.15) is 0 Å². The molecule has 1 nitrogen and oxygen atoms in total. The summed E-state index contributed by atoms with van der Waals surface area (Å²) in [6.07, 6.45) is 6.95. The average molecular weight is 276 g/mol. The summed E-state index contributed by atoms with van der Waals surface area (Å²) in [4.78, 5) is 2.67.